The number of Topliss-reactive ketones (excluding diaryl/α,β-unsaturated/α-hetero) is 1. The van der Waals surface area contributed by atoms with E-state index in [1.54, 1.807) is 7.11 Å². The molecule has 128 valence electrons. The average Bonchev–Trinajstić information content (AvgIpc) is 2.55. The number of rotatable bonds is 4. The average molecular weight is 318 g/mol. The molecule has 3 nitrogen and oxygen atoms in total. The van der Waals surface area contributed by atoms with E-state index in [9.17, 15) is 9.90 Å². The molecule has 0 aromatic heterocycles. The molecule has 0 saturated heterocycles. The molecule has 0 radical (unpaired) electrons. The van der Waals surface area contributed by atoms with Crippen molar-refractivity contribution in [1.29, 1.82) is 0 Å². The summed E-state index contributed by atoms with van der Waals surface area (Å²) in [6.45, 7) is 10.2. The van der Waals surface area contributed by atoms with Gasteiger partial charge in [0.05, 0.1) is 7.11 Å². The first-order chi connectivity index (χ1) is 10.9. The first-order valence-electron chi connectivity index (χ1n) is 8.43. The zero-order valence-corrected chi connectivity index (χ0v) is 15.3. The number of ether oxygens (including phenoxy) is 1. The highest BCUT2D eigenvalue weighted by molar-refractivity contribution is 6.05. The standard InChI is InChI=1S/C18H24O3.C2H6/c1-12-11-14(21-4)5-6-15(12)17-13(2)16(20)7-8-18(17,3)9-10-19;1-2/h5-6,11,19H,7-10H2,1-4H3;1-2H3. The van der Waals surface area contributed by atoms with E-state index in [1.807, 2.05) is 45.9 Å². The van der Waals surface area contributed by atoms with Gasteiger partial charge < -0.3 is 9.84 Å². The highest BCUT2D eigenvalue weighted by atomic mass is 16.5. The number of ketones is 1. The maximum atomic E-state index is 12.2. The van der Waals surface area contributed by atoms with E-state index in [4.69, 9.17) is 4.74 Å². The molecule has 0 bridgehead atoms. The van der Waals surface area contributed by atoms with E-state index in [-0.39, 0.29) is 17.8 Å². The Morgan fingerprint density at radius 1 is 1.26 bits per heavy atom. The lowest BCUT2D eigenvalue weighted by atomic mass is 9.66. The number of benzene rings is 1. The van der Waals surface area contributed by atoms with E-state index >= 15 is 0 Å². The molecule has 1 aliphatic rings. The lowest BCUT2D eigenvalue weighted by molar-refractivity contribution is -0.116. The molecular formula is C20H30O3. The number of aryl methyl sites for hydroxylation is 1. The molecule has 23 heavy (non-hydrogen) atoms. The van der Waals surface area contributed by atoms with Crippen LogP contribution in [0, 0.1) is 12.3 Å². The van der Waals surface area contributed by atoms with Gasteiger partial charge >= 0.3 is 0 Å². The second-order valence-electron chi connectivity index (χ2n) is 6.14. The molecule has 3 heteroatoms. The Morgan fingerprint density at radius 3 is 2.43 bits per heavy atom. The Morgan fingerprint density at radius 2 is 1.91 bits per heavy atom. The Balaban J connectivity index is 0.00000127. The van der Waals surface area contributed by atoms with Crippen LogP contribution in [-0.2, 0) is 4.79 Å². The van der Waals surface area contributed by atoms with Crippen LogP contribution in [0.1, 0.15) is 58.1 Å². The first kappa shape index (κ1) is 19.4. The Kier molecular flexibility index (Phi) is 7.01. The van der Waals surface area contributed by atoms with Gasteiger partial charge in [0.25, 0.3) is 0 Å². The van der Waals surface area contributed by atoms with Crippen LogP contribution < -0.4 is 4.74 Å². The zero-order chi connectivity index (χ0) is 17.6. The van der Waals surface area contributed by atoms with Gasteiger partial charge in [0, 0.05) is 13.0 Å². The topological polar surface area (TPSA) is 46.5 Å². The van der Waals surface area contributed by atoms with Crippen LogP contribution >= 0.6 is 0 Å². The molecule has 1 N–H and O–H groups in total. The van der Waals surface area contributed by atoms with Crippen molar-refractivity contribution in [2.45, 2.75) is 53.9 Å². The smallest absolute Gasteiger partial charge is 0.158 e. The summed E-state index contributed by atoms with van der Waals surface area (Å²) in [4.78, 5) is 12.2. The van der Waals surface area contributed by atoms with Gasteiger partial charge in [0.1, 0.15) is 5.75 Å². The molecule has 2 rings (SSSR count). The van der Waals surface area contributed by atoms with Gasteiger partial charge in [-0.2, -0.15) is 0 Å². The van der Waals surface area contributed by atoms with Gasteiger partial charge in [-0.1, -0.05) is 26.8 Å². The normalized spacial score (nSPS) is 20.9. The van der Waals surface area contributed by atoms with Crippen LogP contribution in [0.3, 0.4) is 0 Å². The minimum atomic E-state index is -0.147. The van der Waals surface area contributed by atoms with Crippen molar-refractivity contribution >= 4 is 11.4 Å². The van der Waals surface area contributed by atoms with Gasteiger partial charge in [-0.25, -0.2) is 0 Å². The predicted molar refractivity (Wildman–Crippen MR) is 95.7 cm³/mol. The van der Waals surface area contributed by atoms with E-state index in [0.717, 1.165) is 34.4 Å². The zero-order valence-electron chi connectivity index (χ0n) is 15.3. The maximum Gasteiger partial charge on any atom is 0.158 e. The van der Waals surface area contributed by atoms with Crippen molar-refractivity contribution in [3.05, 3.63) is 34.9 Å². The summed E-state index contributed by atoms with van der Waals surface area (Å²) >= 11 is 0. The molecule has 0 amide bonds. The quantitative estimate of drug-likeness (QED) is 0.885. The molecule has 1 unspecified atom stereocenters. The Bertz CT molecular complexity index is 587. The fourth-order valence-corrected chi connectivity index (χ4v) is 3.36. The van der Waals surface area contributed by atoms with Crippen LogP contribution in [-0.4, -0.2) is 24.6 Å². The minimum absolute atomic E-state index is 0.136. The Labute approximate surface area is 140 Å². The largest absolute Gasteiger partial charge is 0.497 e. The van der Waals surface area contributed by atoms with E-state index in [0.29, 0.717) is 12.8 Å². The summed E-state index contributed by atoms with van der Waals surface area (Å²) in [6, 6.07) is 5.95. The number of carbonyl (C=O) groups is 1. The second-order valence-corrected chi connectivity index (χ2v) is 6.14. The summed E-state index contributed by atoms with van der Waals surface area (Å²) < 4.78 is 5.26. The number of allylic oxidation sites excluding steroid dienone is 2. The molecule has 1 aromatic rings. The van der Waals surface area contributed by atoms with Gasteiger partial charge in [-0.15, -0.1) is 0 Å². The SMILES string of the molecule is CC.COc1ccc(C2=C(C)C(=O)CCC2(C)CCO)c(C)c1. The number of carbonyl (C=O) groups excluding carboxylic acids is 1. The summed E-state index contributed by atoms with van der Waals surface area (Å²) in [6.07, 6.45) is 2.05. The number of methoxy groups -OCH3 is 1. The number of hydrogen-bond donors (Lipinski definition) is 1. The third-order valence-corrected chi connectivity index (χ3v) is 4.67. The van der Waals surface area contributed by atoms with E-state index in [2.05, 4.69) is 6.92 Å². The predicted octanol–water partition coefficient (Wildman–Crippen LogP) is 4.55. The third kappa shape index (κ3) is 4.03. The second kappa shape index (κ2) is 8.30. The summed E-state index contributed by atoms with van der Waals surface area (Å²) in [5.41, 5.74) is 3.98. The lowest BCUT2D eigenvalue weighted by Crippen LogP contribution is -2.28. The van der Waals surface area contributed by atoms with Crippen molar-refractivity contribution in [2.24, 2.45) is 5.41 Å². The Hall–Kier alpha value is -1.61. The third-order valence-electron chi connectivity index (χ3n) is 4.67. The van der Waals surface area contributed by atoms with Gasteiger partial charge in [0.2, 0.25) is 0 Å². The van der Waals surface area contributed by atoms with Crippen molar-refractivity contribution in [3.63, 3.8) is 0 Å². The summed E-state index contributed by atoms with van der Waals surface area (Å²) in [5, 5.41) is 9.42. The van der Waals surface area contributed by atoms with Crippen LogP contribution in [0.15, 0.2) is 23.8 Å². The van der Waals surface area contributed by atoms with Crippen molar-refractivity contribution in [2.75, 3.05) is 13.7 Å². The molecule has 0 saturated carbocycles. The summed E-state index contributed by atoms with van der Waals surface area (Å²) in [7, 11) is 1.65. The molecular weight excluding hydrogens is 288 g/mol. The molecule has 1 atom stereocenters. The van der Waals surface area contributed by atoms with E-state index in [1.165, 1.54) is 0 Å². The highest BCUT2D eigenvalue weighted by Crippen LogP contribution is 2.48. The van der Waals surface area contributed by atoms with Crippen molar-refractivity contribution in [1.82, 2.24) is 0 Å². The first-order valence-corrected chi connectivity index (χ1v) is 8.43. The van der Waals surface area contributed by atoms with Crippen LogP contribution in [0.5, 0.6) is 5.75 Å². The number of hydrogen-bond acceptors (Lipinski definition) is 3. The minimum Gasteiger partial charge on any atom is -0.497 e. The monoisotopic (exact) mass is 318 g/mol. The fraction of sp³-hybridized carbons (Fsp3) is 0.550. The van der Waals surface area contributed by atoms with Gasteiger partial charge in [-0.3, -0.25) is 4.79 Å². The molecule has 0 spiro atoms. The molecule has 0 heterocycles. The van der Waals surface area contributed by atoms with Gasteiger partial charge in [-0.05, 0) is 66.5 Å². The maximum absolute atomic E-state index is 12.2. The lowest BCUT2D eigenvalue weighted by Gasteiger charge is -2.37. The van der Waals surface area contributed by atoms with Gasteiger partial charge in [0.15, 0.2) is 5.78 Å². The number of aliphatic hydroxyl groups is 1. The van der Waals surface area contributed by atoms with Crippen molar-refractivity contribution in [3.8, 4) is 5.75 Å². The summed E-state index contributed by atoms with van der Waals surface area (Å²) in [5.74, 6) is 1.04. The molecule has 0 aliphatic heterocycles. The molecule has 1 aromatic carbocycles. The highest BCUT2D eigenvalue weighted by Gasteiger charge is 2.37. The van der Waals surface area contributed by atoms with Crippen molar-refractivity contribution < 1.29 is 14.6 Å². The van der Waals surface area contributed by atoms with Crippen LogP contribution in [0.2, 0.25) is 0 Å². The van der Waals surface area contributed by atoms with Crippen LogP contribution in [0.4, 0.5) is 0 Å². The molecule has 1 aliphatic carbocycles. The van der Waals surface area contributed by atoms with Crippen LogP contribution in [0.25, 0.3) is 5.57 Å². The van der Waals surface area contributed by atoms with E-state index < -0.39 is 0 Å². The molecule has 0 fully saturated rings. The fourth-order valence-electron chi connectivity index (χ4n) is 3.36. The number of aliphatic hydroxyl groups excluding tert-OH is 1.